The molecular formula is C12H19NO2. The number of hydrogen-bond donors (Lipinski definition) is 1. The van der Waals surface area contributed by atoms with Crippen molar-refractivity contribution in [2.24, 2.45) is 5.73 Å². The van der Waals surface area contributed by atoms with Crippen molar-refractivity contribution in [1.29, 1.82) is 0 Å². The Morgan fingerprint density at radius 1 is 1.40 bits per heavy atom. The molecule has 3 heteroatoms. The monoisotopic (exact) mass is 209 g/mol. The molecule has 3 nitrogen and oxygen atoms in total. The van der Waals surface area contributed by atoms with Crippen LogP contribution in [0.4, 0.5) is 0 Å². The van der Waals surface area contributed by atoms with E-state index in [-0.39, 0.29) is 0 Å². The Morgan fingerprint density at radius 2 is 2.13 bits per heavy atom. The van der Waals surface area contributed by atoms with E-state index in [4.69, 9.17) is 15.2 Å². The SMILES string of the molecule is CCOc1cccc(C(C)(CN)OC)c1. The predicted octanol–water partition coefficient (Wildman–Crippen LogP) is 1.91. The minimum Gasteiger partial charge on any atom is -0.494 e. The highest BCUT2D eigenvalue weighted by molar-refractivity contribution is 5.32. The van der Waals surface area contributed by atoms with E-state index in [9.17, 15) is 0 Å². The molecule has 0 saturated heterocycles. The van der Waals surface area contributed by atoms with Gasteiger partial charge in [-0.2, -0.15) is 0 Å². The fraction of sp³-hybridized carbons (Fsp3) is 0.500. The summed E-state index contributed by atoms with van der Waals surface area (Å²) in [5, 5.41) is 0. The molecule has 1 atom stereocenters. The third-order valence-corrected chi connectivity index (χ3v) is 2.60. The first kappa shape index (κ1) is 12.0. The minimum atomic E-state index is -0.437. The Labute approximate surface area is 91.2 Å². The number of ether oxygens (including phenoxy) is 2. The van der Waals surface area contributed by atoms with E-state index in [1.54, 1.807) is 7.11 Å². The summed E-state index contributed by atoms with van der Waals surface area (Å²) < 4.78 is 10.9. The van der Waals surface area contributed by atoms with Crippen LogP contribution in [0.3, 0.4) is 0 Å². The predicted molar refractivity (Wildman–Crippen MR) is 61.0 cm³/mol. The molecule has 1 rings (SSSR count). The second kappa shape index (κ2) is 5.14. The van der Waals surface area contributed by atoms with Gasteiger partial charge in [-0.3, -0.25) is 0 Å². The Kier molecular flexibility index (Phi) is 4.12. The van der Waals surface area contributed by atoms with Gasteiger partial charge in [-0.15, -0.1) is 0 Å². The zero-order valence-electron chi connectivity index (χ0n) is 9.62. The molecule has 0 aliphatic heterocycles. The first-order valence-electron chi connectivity index (χ1n) is 5.15. The van der Waals surface area contributed by atoms with E-state index in [1.165, 1.54) is 0 Å². The van der Waals surface area contributed by atoms with Crippen LogP contribution in [0.1, 0.15) is 19.4 Å². The van der Waals surface area contributed by atoms with Crippen LogP contribution in [0.5, 0.6) is 5.75 Å². The van der Waals surface area contributed by atoms with Crippen LogP contribution in [-0.4, -0.2) is 20.3 Å². The van der Waals surface area contributed by atoms with E-state index in [1.807, 2.05) is 38.1 Å². The normalized spacial score (nSPS) is 14.7. The van der Waals surface area contributed by atoms with Crippen LogP contribution in [0, 0.1) is 0 Å². The van der Waals surface area contributed by atoms with Gasteiger partial charge in [-0.05, 0) is 31.5 Å². The van der Waals surface area contributed by atoms with Gasteiger partial charge >= 0.3 is 0 Å². The lowest BCUT2D eigenvalue weighted by molar-refractivity contribution is 0.00989. The first-order valence-corrected chi connectivity index (χ1v) is 5.15. The summed E-state index contributed by atoms with van der Waals surface area (Å²) in [6, 6.07) is 7.85. The Hall–Kier alpha value is -1.06. The molecule has 1 aromatic rings. The standard InChI is InChI=1S/C12H19NO2/c1-4-15-11-7-5-6-10(8-11)12(2,9-13)14-3/h5-8H,4,9,13H2,1-3H3. The lowest BCUT2D eigenvalue weighted by Crippen LogP contribution is -2.33. The van der Waals surface area contributed by atoms with Crippen molar-refractivity contribution in [2.45, 2.75) is 19.4 Å². The summed E-state index contributed by atoms with van der Waals surface area (Å²) in [7, 11) is 1.67. The maximum Gasteiger partial charge on any atom is 0.119 e. The molecule has 15 heavy (non-hydrogen) atoms. The highest BCUT2D eigenvalue weighted by atomic mass is 16.5. The van der Waals surface area contributed by atoms with Crippen molar-refractivity contribution in [3.63, 3.8) is 0 Å². The van der Waals surface area contributed by atoms with Crippen molar-refractivity contribution in [3.05, 3.63) is 29.8 Å². The zero-order valence-corrected chi connectivity index (χ0v) is 9.62. The van der Waals surface area contributed by atoms with Gasteiger partial charge in [0.1, 0.15) is 11.4 Å². The quantitative estimate of drug-likeness (QED) is 0.805. The van der Waals surface area contributed by atoms with Gasteiger partial charge in [-0.1, -0.05) is 12.1 Å². The molecule has 0 aromatic heterocycles. The van der Waals surface area contributed by atoms with Gasteiger partial charge in [-0.25, -0.2) is 0 Å². The lowest BCUT2D eigenvalue weighted by atomic mass is 9.96. The Morgan fingerprint density at radius 3 is 2.67 bits per heavy atom. The summed E-state index contributed by atoms with van der Waals surface area (Å²) in [4.78, 5) is 0. The molecule has 0 radical (unpaired) electrons. The average molecular weight is 209 g/mol. The number of benzene rings is 1. The molecule has 0 aliphatic carbocycles. The maximum absolute atomic E-state index is 5.71. The van der Waals surface area contributed by atoms with Gasteiger partial charge in [0, 0.05) is 13.7 Å². The van der Waals surface area contributed by atoms with Crippen molar-refractivity contribution in [2.75, 3.05) is 20.3 Å². The molecule has 0 heterocycles. The van der Waals surface area contributed by atoms with E-state index < -0.39 is 5.60 Å². The van der Waals surface area contributed by atoms with Crippen LogP contribution in [-0.2, 0) is 10.3 Å². The minimum absolute atomic E-state index is 0.437. The van der Waals surface area contributed by atoms with Gasteiger partial charge in [0.2, 0.25) is 0 Å². The van der Waals surface area contributed by atoms with Crippen LogP contribution in [0.15, 0.2) is 24.3 Å². The second-order valence-electron chi connectivity index (χ2n) is 3.60. The topological polar surface area (TPSA) is 44.5 Å². The highest BCUT2D eigenvalue weighted by Crippen LogP contribution is 2.26. The summed E-state index contributed by atoms with van der Waals surface area (Å²) in [6.07, 6.45) is 0. The molecule has 84 valence electrons. The lowest BCUT2D eigenvalue weighted by Gasteiger charge is -2.27. The van der Waals surface area contributed by atoms with Gasteiger partial charge < -0.3 is 15.2 Å². The second-order valence-corrected chi connectivity index (χ2v) is 3.60. The molecule has 0 bridgehead atoms. The van der Waals surface area contributed by atoms with Gasteiger partial charge in [0.25, 0.3) is 0 Å². The molecule has 0 spiro atoms. The first-order chi connectivity index (χ1) is 7.16. The smallest absolute Gasteiger partial charge is 0.119 e. The summed E-state index contributed by atoms with van der Waals surface area (Å²) in [5.41, 5.74) is 6.31. The number of rotatable bonds is 5. The maximum atomic E-state index is 5.71. The zero-order chi connectivity index (χ0) is 11.3. The van der Waals surface area contributed by atoms with Crippen LogP contribution >= 0.6 is 0 Å². The van der Waals surface area contributed by atoms with E-state index in [0.717, 1.165) is 11.3 Å². The fourth-order valence-electron chi connectivity index (χ4n) is 1.40. The van der Waals surface area contributed by atoms with Gasteiger partial charge in [0.05, 0.1) is 6.61 Å². The molecule has 1 aromatic carbocycles. The van der Waals surface area contributed by atoms with Crippen LogP contribution < -0.4 is 10.5 Å². The highest BCUT2D eigenvalue weighted by Gasteiger charge is 2.24. The van der Waals surface area contributed by atoms with Gasteiger partial charge in [0.15, 0.2) is 0 Å². The van der Waals surface area contributed by atoms with E-state index in [0.29, 0.717) is 13.2 Å². The van der Waals surface area contributed by atoms with Crippen molar-refractivity contribution in [3.8, 4) is 5.75 Å². The molecule has 1 unspecified atom stereocenters. The van der Waals surface area contributed by atoms with Crippen LogP contribution in [0.2, 0.25) is 0 Å². The molecule has 0 amide bonds. The number of methoxy groups -OCH3 is 1. The van der Waals surface area contributed by atoms with Crippen LogP contribution in [0.25, 0.3) is 0 Å². The Balaban J connectivity index is 2.98. The summed E-state index contributed by atoms with van der Waals surface area (Å²) in [6.45, 7) is 5.04. The molecule has 0 saturated carbocycles. The van der Waals surface area contributed by atoms with Crippen molar-refractivity contribution < 1.29 is 9.47 Å². The summed E-state index contributed by atoms with van der Waals surface area (Å²) >= 11 is 0. The molecule has 0 fully saturated rings. The fourth-order valence-corrected chi connectivity index (χ4v) is 1.40. The average Bonchev–Trinajstić information content (AvgIpc) is 2.29. The summed E-state index contributed by atoms with van der Waals surface area (Å²) in [5.74, 6) is 0.853. The molecule has 0 aliphatic rings. The third-order valence-electron chi connectivity index (χ3n) is 2.60. The van der Waals surface area contributed by atoms with E-state index >= 15 is 0 Å². The number of hydrogen-bond acceptors (Lipinski definition) is 3. The molecule has 2 N–H and O–H groups in total. The van der Waals surface area contributed by atoms with E-state index in [2.05, 4.69) is 0 Å². The molecular weight excluding hydrogens is 190 g/mol. The third kappa shape index (κ3) is 2.70. The van der Waals surface area contributed by atoms with Crippen molar-refractivity contribution >= 4 is 0 Å². The van der Waals surface area contributed by atoms with Crippen molar-refractivity contribution in [1.82, 2.24) is 0 Å². The number of nitrogens with two attached hydrogens (primary N) is 1. The largest absolute Gasteiger partial charge is 0.494 e. The Bertz CT molecular complexity index is 308.